The molecule has 0 amide bonds. The van der Waals surface area contributed by atoms with Gasteiger partial charge in [0.1, 0.15) is 0 Å². The molecule has 0 atom stereocenters. The summed E-state index contributed by atoms with van der Waals surface area (Å²) < 4.78 is 0. The molecule has 0 aliphatic rings. The minimum atomic E-state index is 0.418. The minimum Gasteiger partial charge on any atom is -0.310 e. The Morgan fingerprint density at radius 1 is 0.900 bits per heavy atom. The molecule has 0 saturated carbocycles. The summed E-state index contributed by atoms with van der Waals surface area (Å²) in [7, 11) is 0. The van der Waals surface area contributed by atoms with Crippen LogP contribution in [0.15, 0.2) is 36.4 Å². The average Bonchev–Trinajstić information content (AvgIpc) is 2.36. The maximum atomic E-state index is 6.12. The van der Waals surface area contributed by atoms with Crippen LogP contribution < -0.4 is 5.32 Å². The summed E-state index contributed by atoms with van der Waals surface area (Å²) in [4.78, 5) is 0. The molecular formula is C16H16Cl3N. The van der Waals surface area contributed by atoms with E-state index in [1.54, 1.807) is 6.07 Å². The van der Waals surface area contributed by atoms with Crippen LogP contribution in [0.1, 0.15) is 19.4 Å². The Labute approximate surface area is 134 Å². The van der Waals surface area contributed by atoms with Crippen molar-refractivity contribution in [1.29, 1.82) is 0 Å². The van der Waals surface area contributed by atoms with Gasteiger partial charge in [-0.05, 0) is 47.0 Å². The standard InChI is InChI=1S/C16H16Cl3N/c1-10(2)20-9-11-3-4-13(17)8-16(11)12-5-14(18)7-15(19)6-12/h3-8,10,20H,9H2,1-2H3. The molecule has 0 unspecified atom stereocenters. The first-order valence-corrected chi connectivity index (χ1v) is 7.57. The van der Waals surface area contributed by atoms with Gasteiger partial charge in [-0.3, -0.25) is 0 Å². The lowest BCUT2D eigenvalue weighted by atomic mass is 9.99. The highest BCUT2D eigenvalue weighted by Gasteiger charge is 2.08. The zero-order chi connectivity index (χ0) is 14.7. The van der Waals surface area contributed by atoms with Crippen molar-refractivity contribution in [2.24, 2.45) is 0 Å². The maximum Gasteiger partial charge on any atom is 0.0426 e. The molecule has 0 saturated heterocycles. The number of halogens is 3. The number of nitrogens with one attached hydrogen (secondary N) is 1. The quantitative estimate of drug-likeness (QED) is 0.746. The molecule has 0 radical (unpaired) electrons. The van der Waals surface area contributed by atoms with Crippen molar-refractivity contribution in [3.63, 3.8) is 0 Å². The van der Waals surface area contributed by atoms with Gasteiger partial charge in [-0.15, -0.1) is 0 Å². The van der Waals surface area contributed by atoms with Crippen molar-refractivity contribution in [2.75, 3.05) is 0 Å². The van der Waals surface area contributed by atoms with Gasteiger partial charge in [0.15, 0.2) is 0 Å². The molecule has 20 heavy (non-hydrogen) atoms. The SMILES string of the molecule is CC(C)NCc1ccc(Cl)cc1-c1cc(Cl)cc(Cl)c1. The first kappa shape index (κ1) is 15.7. The van der Waals surface area contributed by atoms with E-state index < -0.39 is 0 Å². The zero-order valence-electron chi connectivity index (χ0n) is 11.4. The molecular weight excluding hydrogens is 313 g/mol. The van der Waals surface area contributed by atoms with Crippen LogP contribution in [0.2, 0.25) is 15.1 Å². The van der Waals surface area contributed by atoms with E-state index in [0.29, 0.717) is 21.1 Å². The Morgan fingerprint density at radius 2 is 1.55 bits per heavy atom. The molecule has 0 spiro atoms. The largest absolute Gasteiger partial charge is 0.310 e. The molecule has 106 valence electrons. The summed E-state index contributed by atoms with van der Waals surface area (Å²) >= 11 is 18.3. The van der Waals surface area contributed by atoms with Crippen molar-refractivity contribution in [2.45, 2.75) is 26.4 Å². The molecule has 1 N–H and O–H groups in total. The third-order valence-corrected chi connectivity index (χ3v) is 3.62. The highest BCUT2D eigenvalue weighted by molar-refractivity contribution is 6.35. The van der Waals surface area contributed by atoms with Crippen LogP contribution in [0.3, 0.4) is 0 Å². The summed E-state index contributed by atoms with van der Waals surface area (Å²) in [6.45, 7) is 5.01. The Kier molecular flexibility index (Phi) is 5.34. The van der Waals surface area contributed by atoms with E-state index in [1.807, 2.05) is 30.3 Å². The molecule has 0 heterocycles. The molecule has 2 rings (SSSR count). The molecule has 0 aliphatic carbocycles. The number of rotatable bonds is 4. The third kappa shape index (κ3) is 4.13. The van der Waals surface area contributed by atoms with Crippen molar-refractivity contribution in [3.05, 3.63) is 57.0 Å². The zero-order valence-corrected chi connectivity index (χ0v) is 13.7. The second-order valence-electron chi connectivity index (χ2n) is 5.00. The molecule has 0 aliphatic heterocycles. The summed E-state index contributed by atoms with van der Waals surface area (Å²) in [5.74, 6) is 0. The minimum absolute atomic E-state index is 0.418. The topological polar surface area (TPSA) is 12.0 Å². The number of hydrogen-bond acceptors (Lipinski definition) is 1. The molecule has 2 aromatic rings. The van der Waals surface area contributed by atoms with E-state index in [9.17, 15) is 0 Å². The van der Waals surface area contributed by atoms with Crippen molar-refractivity contribution >= 4 is 34.8 Å². The molecule has 0 fully saturated rings. The van der Waals surface area contributed by atoms with E-state index >= 15 is 0 Å². The predicted molar refractivity (Wildman–Crippen MR) is 88.9 cm³/mol. The molecule has 0 bridgehead atoms. The van der Waals surface area contributed by atoms with Gasteiger partial charge in [-0.25, -0.2) is 0 Å². The first-order valence-electron chi connectivity index (χ1n) is 6.44. The fourth-order valence-corrected chi connectivity index (χ4v) is 2.69. The Hall–Kier alpha value is -0.730. The van der Waals surface area contributed by atoms with E-state index in [1.165, 1.54) is 5.56 Å². The van der Waals surface area contributed by atoms with Gasteiger partial charge in [-0.1, -0.05) is 54.7 Å². The lowest BCUT2D eigenvalue weighted by Crippen LogP contribution is -2.22. The normalized spacial score (nSPS) is 11.1. The van der Waals surface area contributed by atoms with E-state index in [0.717, 1.165) is 17.7 Å². The first-order chi connectivity index (χ1) is 9.45. The van der Waals surface area contributed by atoms with Crippen LogP contribution >= 0.6 is 34.8 Å². The molecule has 4 heteroatoms. The van der Waals surface area contributed by atoms with Crippen LogP contribution in [-0.4, -0.2) is 6.04 Å². The molecule has 0 aromatic heterocycles. The third-order valence-electron chi connectivity index (χ3n) is 2.95. The van der Waals surface area contributed by atoms with E-state index in [4.69, 9.17) is 34.8 Å². The fraction of sp³-hybridized carbons (Fsp3) is 0.250. The van der Waals surface area contributed by atoms with E-state index in [2.05, 4.69) is 19.2 Å². The summed E-state index contributed by atoms with van der Waals surface area (Å²) in [5, 5.41) is 5.35. The summed E-state index contributed by atoms with van der Waals surface area (Å²) in [6, 6.07) is 11.8. The maximum absolute atomic E-state index is 6.12. The second-order valence-corrected chi connectivity index (χ2v) is 6.30. The Bertz CT molecular complexity index is 588. The lowest BCUT2D eigenvalue weighted by Gasteiger charge is -2.14. The second kappa shape index (κ2) is 6.82. The predicted octanol–water partition coefficient (Wildman–Crippen LogP) is 5.81. The highest BCUT2D eigenvalue weighted by atomic mass is 35.5. The van der Waals surface area contributed by atoms with E-state index in [-0.39, 0.29) is 0 Å². The monoisotopic (exact) mass is 327 g/mol. The van der Waals surface area contributed by atoms with Gasteiger partial charge in [0.05, 0.1) is 0 Å². The van der Waals surface area contributed by atoms with Crippen molar-refractivity contribution in [1.82, 2.24) is 5.32 Å². The lowest BCUT2D eigenvalue weighted by molar-refractivity contribution is 0.589. The smallest absolute Gasteiger partial charge is 0.0426 e. The van der Waals surface area contributed by atoms with Gasteiger partial charge in [0, 0.05) is 27.7 Å². The average molecular weight is 329 g/mol. The Morgan fingerprint density at radius 3 is 2.15 bits per heavy atom. The number of benzene rings is 2. The van der Waals surface area contributed by atoms with Crippen LogP contribution in [0, 0.1) is 0 Å². The molecule has 2 aromatic carbocycles. The van der Waals surface area contributed by atoms with Crippen LogP contribution in [0.25, 0.3) is 11.1 Å². The van der Waals surface area contributed by atoms with Gasteiger partial charge in [-0.2, -0.15) is 0 Å². The molecule has 1 nitrogen and oxygen atoms in total. The van der Waals surface area contributed by atoms with Gasteiger partial charge >= 0.3 is 0 Å². The van der Waals surface area contributed by atoms with Crippen LogP contribution in [0.4, 0.5) is 0 Å². The van der Waals surface area contributed by atoms with Gasteiger partial charge < -0.3 is 5.32 Å². The van der Waals surface area contributed by atoms with Crippen LogP contribution in [-0.2, 0) is 6.54 Å². The van der Waals surface area contributed by atoms with Crippen molar-refractivity contribution < 1.29 is 0 Å². The van der Waals surface area contributed by atoms with Crippen molar-refractivity contribution in [3.8, 4) is 11.1 Å². The van der Waals surface area contributed by atoms with Crippen LogP contribution in [0.5, 0.6) is 0 Å². The Balaban J connectivity index is 2.45. The van der Waals surface area contributed by atoms with Gasteiger partial charge in [0.25, 0.3) is 0 Å². The highest BCUT2D eigenvalue weighted by Crippen LogP contribution is 2.31. The number of hydrogen-bond donors (Lipinski definition) is 1. The summed E-state index contributed by atoms with van der Waals surface area (Å²) in [6.07, 6.45) is 0. The summed E-state index contributed by atoms with van der Waals surface area (Å²) in [5.41, 5.74) is 3.20. The fourth-order valence-electron chi connectivity index (χ4n) is 1.99. The van der Waals surface area contributed by atoms with Gasteiger partial charge in [0.2, 0.25) is 0 Å².